The van der Waals surface area contributed by atoms with Gasteiger partial charge in [0.15, 0.2) is 5.76 Å². The highest BCUT2D eigenvalue weighted by Crippen LogP contribution is 2.42. The Labute approximate surface area is 194 Å². The first kappa shape index (κ1) is 20.7. The van der Waals surface area contributed by atoms with Gasteiger partial charge in [-0.3, -0.25) is 9.69 Å². The highest BCUT2D eigenvalue weighted by molar-refractivity contribution is 6.32. The lowest BCUT2D eigenvalue weighted by Crippen LogP contribution is -2.27. The number of fused-ring (bicyclic) bond motifs is 1. The van der Waals surface area contributed by atoms with Crippen molar-refractivity contribution in [1.29, 1.82) is 0 Å². The largest absolute Gasteiger partial charge is 0.478 e. The summed E-state index contributed by atoms with van der Waals surface area (Å²) in [7, 11) is 0. The summed E-state index contributed by atoms with van der Waals surface area (Å²) < 4.78 is 5.48. The lowest BCUT2D eigenvalue weighted by molar-refractivity contribution is -0.113. The summed E-state index contributed by atoms with van der Waals surface area (Å²) in [6.07, 6.45) is 1.60. The molecule has 1 amide bonds. The number of amides is 1. The third-order valence-electron chi connectivity index (χ3n) is 5.63. The average Bonchev–Trinajstić information content (AvgIpc) is 3.32. The second kappa shape index (κ2) is 7.76. The van der Waals surface area contributed by atoms with E-state index in [1.165, 1.54) is 11.0 Å². The number of carbonyl (C=O) groups excluding carboxylic acids is 2. The summed E-state index contributed by atoms with van der Waals surface area (Å²) in [5.74, 6) is -2.07. The summed E-state index contributed by atoms with van der Waals surface area (Å²) >= 11 is 6.35. The van der Waals surface area contributed by atoms with E-state index in [0.29, 0.717) is 27.4 Å². The lowest BCUT2D eigenvalue weighted by Gasteiger charge is -2.23. The van der Waals surface area contributed by atoms with Crippen LogP contribution in [0.25, 0.3) is 11.5 Å². The molecule has 33 heavy (non-hydrogen) atoms. The van der Waals surface area contributed by atoms with E-state index in [1.54, 1.807) is 60.7 Å². The van der Waals surface area contributed by atoms with Crippen molar-refractivity contribution in [2.45, 2.75) is 6.92 Å². The van der Waals surface area contributed by atoms with E-state index in [1.807, 2.05) is 13.0 Å². The van der Waals surface area contributed by atoms with Crippen LogP contribution in [0.15, 0.2) is 78.4 Å². The molecule has 0 fully saturated rings. The number of hydrogen-bond donors (Lipinski definition) is 1. The Bertz CT molecular complexity index is 1440. The number of para-hydroxylation sites is 1. The number of aromatic carboxylic acids is 1. The molecular weight excluding hydrogens is 442 g/mol. The Morgan fingerprint density at radius 2 is 1.67 bits per heavy atom. The number of halogens is 1. The van der Waals surface area contributed by atoms with Crippen molar-refractivity contribution in [3.8, 4) is 0 Å². The monoisotopic (exact) mass is 457 g/mol. The minimum atomic E-state index is -1.17. The van der Waals surface area contributed by atoms with Gasteiger partial charge in [-0.1, -0.05) is 54.1 Å². The van der Waals surface area contributed by atoms with Crippen LogP contribution >= 0.6 is 11.6 Å². The Morgan fingerprint density at radius 3 is 2.39 bits per heavy atom. The van der Waals surface area contributed by atoms with Gasteiger partial charge in [0.2, 0.25) is 0 Å². The Kier molecular flexibility index (Phi) is 4.87. The number of rotatable bonds is 3. The molecule has 162 valence electrons. The molecule has 2 aliphatic rings. The molecule has 0 bridgehead atoms. The quantitative estimate of drug-likeness (QED) is 0.425. The van der Waals surface area contributed by atoms with E-state index in [0.717, 1.165) is 5.56 Å². The van der Waals surface area contributed by atoms with E-state index in [2.05, 4.69) is 0 Å². The van der Waals surface area contributed by atoms with Crippen LogP contribution in [0.5, 0.6) is 0 Å². The number of esters is 1. The molecule has 1 N–H and O–H groups in total. The zero-order valence-electron chi connectivity index (χ0n) is 17.3. The predicted molar refractivity (Wildman–Crippen MR) is 124 cm³/mol. The first-order valence-electron chi connectivity index (χ1n) is 10.1. The minimum absolute atomic E-state index is 0.0370. The van der Waals surface area contributed by atoms with Crippen molar-refractivity contribution in [3.63, 3.8) is 0 Å². The van der Waals surface area contributed by atoms with Gasteiger partial charge in [0.1, 0.15) is 0 Å². The van der Waals surface area contributed by atoms with E-state index in [-0.39, 0.29) is 22.6 Å². The highest BCUT2D eigenvalue weighted by atomic mass is 35.5. The fourth-order valence-corrected chi connectivity index (χ4v) is 4.15. The molecule has 0 radical (unpaired) electrons. The van der Waals surface area contributed by atoms with Gasteiger partial charge in [0, 0.05) is 16.1 Å². The molecule has 0 aliphatic carbocycles. The number of benzene rings is 3. The van der Waals surface area contributed by atoms with Crippen LogP contribution in [0.2, 0.25) is 5.02 Å². The maximum Gasteiger partial charge on any atom is 0.344 e. The SMILES string of the molecule is Cc1ccc(C2=C/C(=C3\OC(=O)c4ccccc43)C(=O)N2c2ccccc2C(=O)O)cc1Cl. The molecule has 6 nitrogen and oxygen atoms in total. The average molecular weight is 458 g/mol. The maximum absolute atomic E-state index is 13.7. The normalized spacial score (nSPS) is 17.2. The number of carboxylic acid groups (broad SMARTS) is 1. The maximum atomic E-state index is 13.7. The van der Waals surface area contributed by atoms with Gasteiger partial charge in [-0.25, -0.2) is 9.59 Å². The number of ether oxygens (including phenoxy) is 1. The van der Waals surface area contributed by atoms with Crippen LogP contribution in [-0.4, -0.2) is 23.0 Å². The summed E-state index contributed by atoms with van der Waals surface area (Å²) in [5.41, 5.74) is 3.10. The highest BCUT2D eigenvalue weighted by Gasteiger charge is 2.38. The number of carboxylic acids is 1. The van der Waals surface area contributed by atoms with Crippen molar-refractivity contribution in [1.82, 2.24) is 0 Å². The van der Waals surface area contributed by atoms with Gasteiger partial charge in [-0.2, -0.15) is 0 Å². The van der Waals surface area contributed by atoms with Gasteiger partial charge in [0.05, 0.1) is 28.1 Å². The van der Waals surface area contributed by atoms with E-state index >= 15 is 0 Å². The molecule has 0 atom stereocenters. The third kappa shape index (κ3) is 3.32. The number of aryl methyl sites for hydroxylation is 1. The molecule has 2 aliphatic heterocycles. The molecule has 2 heterocycles. The van der Waals surface area contributed by atoms with Crippen LogP contribution in [0.1, 0.15) is 37.4 Å². The molecule has 3 aromatic carbocycles. The number of cyclic esters (lactones) is 1. The molecule has 7 heteroatoms. The molecule has 0 aromatic heterocycles. The van der Waals surface area contributed by atoms with Gasteiger partial charge < -0.3 is 9.84 Å². The molecule has 5 rings (SSSR count). The van der Waals surface area contributed by atoms with Crippen molar-refractivity contribution in [3.05, 3.63) is 111 Å². The number of nitrogens with zero attached hydrogens (tertiary/aromatic N) is 1. The van der Waals surface area contributed by atoms with E-state index < -0.39 is 17.8 Å². The van der Waals surface area contributed by atoms with E-state index in [9.17, 15) is 19.5 Å². The molecule has 0 saturated carbocycles. The van der Waals surface area contributed by atoms with E-state index in [4.69, 9.17) is 16.3 Å². The van der Waals surface area contributed by atoms with Crippen molar-refractivity contribution >= 4 is 46.6 Å². The van der Waals surface area contributed by atoms with Crippen molar-refractivity contribution in [2.24, 2.45) is 0 Å². The Morgan fingerprint density at radius 1 is 0.970 bits per heavy atom. The Balaban J connectivity index is 1.76. The zero-order valence-corrected chi connectivity index (χ0v) is 18.1. The number of carbonyl (C=O) groups is 3. The first-order chi connectivity index (χ1) is 15.9. The number of hydrogen-bond acceptors (Lipinski definition) is 4. The third-order valence-corrected chi connectivity index (χ3v) is 6.04. The summed E-state index contributed by atoms with van der Waals surface area (Å²) in [4.78, 5) is 39.3. The number of anilines is 1. The molecule has 0 unspecified atom stereocenters. The fourth-order valence-electron chi connectivity index (χ4n) is 3.97. The van der Waals surface area contributed by atoms with Crippen LogP contribution in [0.4, 0.5) is 5.69 Å². The van der Waals surface area contributed by atoms with Crippen LogP contribution < -0.4 is 4.90 Å². The van der Waals surface area contributed by atoms with Gasteiger partial charge >= 0.3 is 11.9 Å². The second-order valence-corrected chi connectivity index (χ2v) is 8.04. The predicted octanol–water partition coefficient (Wildman–Crippen LogP) is 5.32. The summed E-state index contributed by atoms with van der Waals surface area (Å²) in [6, 6.07) is 18.4. The van der Waals surface area contributed by atoms with Crippen LogP contribution in [-0.2, 0) is 9.53 Å². The molecule has 3 aromatic rings. The summed E-state index contributed by atoms with van der Waals surface area (Å²) in [6.45, 7) is 1.86. The lowest BCUT2D eigenvalue weighted by atomic mass is 10.0. The summed E-state index contributed by atoms with van der Waals surface area (Å²) in [5, 5.41) is 10.2. The smallest absolute Gasteiger partial charge is 0.344 e. The first-order valence-corrected chi connectivity index (χ1v) is 10.5. The van der Waals surface area contributed by atoms with Gasteiger partial charge in [0.25, 0.3) is 5.91 Å². The molecule has 0 saturated heterocycles. The van der Waals surface area contributed by atoms with Gasteiger partial charge in [-0.15, -0.1) is 0 Å². The second-order valence-electron chi connectivity index (χ2n) is 7.63. The standard InChI is InChI=1S/C26H16ClNO5/c1-14-10-11-15(12-20(14)27)22-13-19(23-16-6-2-3-7-17(16)26(32)33-23)24(29)28(22)21-9-5-4-8-18(21)25(30)31/h2-13H,1H3,(H,30,31)/b23-19+. The molecule has 0 spiro atoms. The Hall–Kier alpha value is -4.16. The molecular formula is C26H16ClNO5. The van der Waals surface area contributed by atoms with Crippen LogP contribution in [0.3, 0.4) is 0 Å². The van der Waals surface area contributed by atoms with Crippen molar-refractivity contribution in [2.75, 3.05) is 4.90 Å². The minimum Gasteiger partial charge on any atom is -0.478 e. The topological polar surface area (TPSA) is 83.9 Å². The van der Waals surface area contributed by atoms with Gasteiger partial charge in [-0.05, 0) is 42.8 Å². The zero-order chi connectivity index (χ0) is 23.3. The van der Waals surface area contributed by atoms with Crippen LogP contribution in [0, 0.1) is 6.92 Å². The fraction of sp³-hybridized carbons (Fsp3) is 0.0385. The van der Waals surface area contributed by atoms with Crippen molar-refractivity contribution < 1.29 is 24.2 Å².